The topological polar surface area (TPSA) is 89.8 Å². The van der Waals surface area contributed by atoms with Crippen LogP contribution in [0.3, 0.4) is 0 Å². The molecule has 0 spiro atoms. The van der Waals surface area contributed by atoms with E-state index in [2.05, 4.69) is 48.6 Å². The van der Waals surface area contributed by atoms with E-state index >= 15 is 0 Å². The molecule has 34 heavy (non-hydrogen) atoms. The molecule has 0 atom stereocenters. The summed E-state index contributed by atoms with van der Waals surface area (Å²) in [5.41, 5.74) is 5.60. The van der Waals surface area contributed by atoms with Crippen molar-refractivity contribution >= 4 is 17.6 Å². The van der Waals surface area contributed by atoms with Crippen LogP contribution in [0.1, 0.15) is 59.6 Å². The van der Waals surface area contributed by atoms with Gasteiger partial charge in [-0.15, -0.1) is 0 Å². The summed E-state index contributed by atoms with van der Waals surface area (Å²) in [5.74, 6) is 1.70. The van der Waals surface area contributed by atoms with Crippen molar-refractivity contribution in [1.29, 1.82) is 0 Å². The molecule has 2 heterocycles. The Morgan fingerprint density at radius 3 is 2.53 bits per heavy atom. The van der Waals surface area contributed by atoms with Crippen molar-refractivity contribution in [3.63, 3.8) is 0 Å². The molecule has 8 nitrogen and oxygen atoms in total. The van der Waals surface area contributed by atoms with Crippen LogP contribution in [0, 0.1) is 13.8 Å². The highest BCUT2D eigenvalue weighted by molar-refractivity contribution is 6.10. The number of amides is 1. The highest BCUT2D eigenvalue weighted by Gasteiger charge is 2.18. The van der Waals surface area contributed by atoms with Crippen LogP contribution >= 0.6 is 0 Å². The predicted molar refractivity (Wildman–Crippen MR) is 133 cm³/mol. The van der Waals surface area contributed by atoms with Crippen molar-refractivity contribution in [3.8, 4) is 11.5 Å². The minimum absolute atomic E-state index is 0.158. The molecule has 1 amide bonds. The molecule has 0 saturated carbocycles. The average Bonchev–Trinajstić information content (AvgIpc) is 3.40. The third kappa shape index (κ3) is 5.06. The summed E-state index contributed by atoms with van der Waals surface area (Å²) < 4.78 is 12.7. The van der Waals surface area contributed by atoms with Crippen molar-refractivity contribution in [2.24, 2.45) is 4.99 Å². The second kappa shape index (κ2) is 9.99. The van der Waals surface area contributed by atoms with Crippen LogP contribution in [0.4, 0.5) is 5.69 Å². The van der Waals surface area contributed by atoms with Gasteiger partial charge in [-0.25, -0.2) is 4.99 Å². The summed E-state index contributed by atoms with van der Waals surface area (Å²) in [6, 6.07) is 13.2. The molecule has 4 rings (SSSR count). The maximum Gasteiger partial charge on any atom is 0.258 e. The van der Waals surface area contributed by atoms with Crippen LogP contribution in [-0.2, 0) is 13.1 Å². The van der Waals surface area contributed by atoms with Crippen molar-refractivity contribution in [3.05, 3.63) is 70.5 Å². The minimum atomic E-state index is -0.291. The first kappa shape index (κ1) is 23.4. The summed E-state index contributed by atoms with van der Waals surface area (Å²) in [5, 5.41) is 10.8. The number of nitrogens with one attached hydrogen (secondary N) is 2. The smallest absolute Gasteiger partial charge is 0.258 e. The third-order valence-electron chi connectivity index (χ3n) is 5.93. The van der Waals surface area contributed by atoms with Gasteiger partial charge in [-0.1, -0.05) is 26.0 Å². The number of anilines is 1. The molecule has 0 saturated heterocycles. The third-order valence-corrected chi connectivity index (χ3v) is 5.93. The Morgan fingerprint density at radius 1 is 1.12 bits per heavy atom. The van der Waals surface area contributed by atoms with Gasteiger partial charge in [-0.05, 0) is 62.6 Å². The number of hydrogen-bond acceptors (Lipinski definition) is 5. The summed E-state index contributed by atoms with van der Waals surface area (Å²) in [4.78, 5) is 17.8. The Kier molecular flexibility index (Phi) is 6.86. The maximum absolute atomic E-state index is 13.0. The van der Waals surface area contributed by atoms with E-state index in [9.17, 15) is 4.79 Å². The van der Waals surface area contributed by atoms with Crippen LogP contribution in [0.5, 0.6) is 11.5 Å². The summed E-state index contributed by atoms with van der Waals surface area (Å²) in [6.07, 6.45) is 0. The van der Waals surface area contributed by atoms with E-state index in [1.165, 1.54) is 5.56 Å². The van der Waals surface area contributed by atoms with Crippen LogP contribution < -0.4 is 20.1 Å². The summed E-state index contributed by atoms with van der Waals surface area (Å²) in [7, 11) is 0. The largest absolute Gasteiger partial charge is 0.454 e. The number of guanidine groups is 1. The normalized spacial score (nSPS) is 12.8. The zero-order chi connectivity index (χ0) is 24.2. The van der Waals surface area contributed by atoms with Gasteiger partial charge in [0.05, 0.1) is 12.2 Å². The number of carbonyl (C=O) groups excluding carboxylic acids is 1. The Balaban J connectivity index is 1.58. The van der Waals surface area contributed by atoms with Gasteiger partial charge in [-0.2, -0.15) is 5.10 Å². The molecule has 0 bridgehead atoms. The number of fused-ring (bicyclic) bond motifs is 1. The average molecular weight is 462 g/mol. The molecule has 1 aliphatic heterocycles. The van der Waals surface area contributed by atoms with Crippen molar-refractivity contribution in [2.45, 2.75) is 53.6 Å². The lowest BCUT2D eigenvalue weighted by atomic mass is 10.0. The minimum Gasteiger partial charge on any atom is -0.454 e. The van der Waals surface area contributed by atoms with Gasteiger partial charge in [0.25, 0.3) is 5.91 Å². The molecular weight excluding hydrogens is 430 g/mol. The van der Waals surface area contributed by atoms with E-state index < -0.39 is 0 Å². The number of rotatable bonds is 6. The summed E-state index contributed by atoms with van der Waals surface area (Å²) >= 11 is 0. The van der Waals surface area contributed by atoms with Gasteiger partial charge in [0.15, 0.2) is 11.5 Å². The molecule has 0 fully saturated rings. The lowest BCUT2D eigenvalue weighted by molar-refractivity contribution is 0.0976. The van der Waals surface area contributed by atoms with Gasteiger partial charge in [0, 0.05) is 29.1 Å². The maximum atomic E-state index is 13.0. The highest BCUT2D eigenvalue weighted by atomic mass is 16.7. The quantitative estimate of drug-likeness (QED) is 0.408. The van der Waals surface area contributed by atoms with E-state index in [0.29, 0.717) is 35.5 Å². The fraction of sp³-hybridized carbons (Fsp3) is 0.346. The van der Waals surface area contributed by atoms with Crippen molar-refractivity contribution < 1.29 is 14.3 Å². The molecule has 1 aromatic heterocycles. The van der Waals surface area contributed by atoms with E-state index in [1.807, 2.05) is 30.7 Å². The van der Waals surface area contributed by atoms with E-state index in [0.717, 1.165) is 29.2 Å². The predicted octanol–water partition coefficient (Wildman–Crippen LogP) is 4.77. The van der Waals surface area contributed by atoms with Crippen molar-refractivity contribution in [1.82, 2.24) is 15.1 Å². The van der Waals surface area contributed by atoms with Gasteiger partial charge in [0.1, 0.15) is 0 Å². The fourth-order valence-corrected chi connectivity index (χ4v) is 3.84. The number of hydrogen-bond donors (Lipinski definition) is 2. The molecule has 8 heteroatoms. The molecular formula is C26H31N5O3. The Bertz CT molecular complexity index is 1210. The SMILES string of the molecule is CCn1nc(C)c(CN=C(NC(=O)c2ccc3c(c2)OCO3)Nc2ccc(C(C)C)cc2)c1C. The second-order valence-electron chi connectivity index (χ2n) is 8.55. The lowest BCUT2D eigenvalue weighted by Gasteiger charge is -2.13. The van der Waals surface area contributed by atoms with Crippen LogP contribution in [-0.4, -0.2) is 28.4 Å². The summed E-state index contributed by atoms with van der Waals surface area (Å²) in [6.45, 7) is 11.7. The number of aromatic nitrogens is 2. The van der Waals surface area contributed by atoms with Gasteiger partial charge in [-0.3, -0.25) is 14.8 Å². The lowest BCUT2D eigenvalue weighted by Crippen LogP contribution is -2.36. The van der Waals surface area contributed by atoms with Gasteiger partial charge in [0.2, 0.25) is 12.8 Å². The van der Waals surface area contributed by atoms with Gasteiger partial charge < -0.3 is 14.8 Å². The first-order chi connectivity index (χ1) is 16.4. The molecule has 3 aromatic rings. The number of aryl methyl sites for hydroxylation is 2. The van der Waals surface area contributed by atoms with Gasteiger partial charge >= 0.3 is 0 Å². The zero-order valence-corrected chi connectivity index (χ0v) is 20.3. The van der Waals surface area contributed by atoms with Crippen LogP contribution in [0.15, 0.2) is 47.5 Å². The highest BCUT2D eigenvalue weighted by Crippen LogP contribution is 2.32. The van der Waals surface area contributed by atoms with Crippen LogP contribution in [0.2, 0.25) is 0 Å². The number of aliphatic imine (C=N–C) groups is 1. The Morgan fingerprint density at radius 2 is 1.85 bits per heavy atom. The van der Waals surface area contributed by atoms with Crippen molar-refractivity contribution in [2.75, 3.05) is 12.1 Å². The first-order valence-electron chi connectivity index (χ1n) is 11.5. The van der Waals surface area contributed by atoms with E-state index in [-0.39, 0.29) is 12.7 Å². The number of benzene rings is 2. The van der Waals surface area contributed by atoms with E-state index in [4.69, 9.17) is 14.5 Å². The number of carbonyl (C=O) groups is 1. The Labute approximate surface area is 200 Å². The fourth-order valence-electron chi connectivity index (χ4n) is 3.84. The molecule has 2 N–H and O–H groups in total. The standard InChI is InChI=1S/C26H31N5O3/c1-6-31-18(5)22(17(4)30-31)14-27-26(28-21-10-7-19(8-11-21)16(2)3)29-25(32)20-9-12-23-24(13-20)34-15-33-23/h7-13,16H,6,14-15H2,1-5H3,(H2,27,28,29,32). The molecule has 1 aliphatic rings. The van der Waals surface area contributed by atoms with Crippen LogP contribution in [0.25, 0.3) is 0 Å². The first-order valence-corrected chi connectivity index (χ1v) is 11.5. The molecule has 0 unspecified atom stereocenters. The zero-order valence-electron chi connectivity index (χ0n) is 20.3. The number of nitrogens with zero attached hydrogens (tertiary/aromatic N) is 3. The Hall–Kier alpha value is -3.81. The van der Waals surface area contributed by atoms with E-state index in [1.54, 1.807) is 18.2 Å². The molecule has 0 aliphatic carbocycles. The second-order valence-corrected chi connectivity index (χ2v) is 8.55. The molecule has 178 valence electrons. The monoisotopic (exact) mass is 461 g/mol. The molecule has 2 aromatic carbocycles. The molecule has 0 radical (unpaired) electrons. The number of ether oxygens (including phenoxy) is 2.